The van der Waals surface area contributed by atoms with Gasteiger partial charge in [0.2, 0.25) is 0 Å². The number of benzene rings is 2. The quantitative estimate of drug-likeness (QED) is 0.0796. The Balaban J connectivity index is 0.000000318. The second kappa shape index (κ2) is 14.5. The molecule has 0 saturated carbocycles. The zero-order valence-corrected chi connectivity index (χ0v) is 31.4. The van der Waals surface area contributed by atoms with Crippen LogP contribution in [-0.2, 0) is 24.9 Å². The Labute approximate surface area is 273 Å². The molecule has 0 saturated heterocycles. The molecule has 0 atom stereocenters. The molecule has 0 fully saturated rings. The van der Waals surface area contributed by atoms with Crippen molar-refractivity contribution in [2.24, 2.45) is 10.8 Å². The van der Waals surface area contributed by atoms with Crippen LogP contribution in [-0.4, -0.2) is 23.9 Å². The third kappa shape index (κ3) is 8.15. The fraction of sp³-hybridized carbons (Fsp3) is 0.459. The maximum atomic E-state index is 12.2. The van der Waals surface area contributed by atoms with Crippen molar-refractivity contribution in [2.75, 3.05) is 0 Å². The van der Waals surface area contributed by atoms with E-state index in [1.165, 1.54) is 16.8 Å². The first-order valence-electron chi connectivity index (χ1n) is 15.4. The summed E-state index contributed by atoms with van der Waals surface area (Å²) >= 11 is 0. The fourth-order valence-electron chi connectivity index (χ4n) is 5.07. The summed E-state index contributed by atoms with van der Waals surface area (Å²) < 4.78 is 6.29. The number of pyridine rings is 1. The van der Waals surface area contributed by atoms with Gasteiger partial charge in [0.25, 0.3) is 0 Å². The van der Waals surface area contributed by atoms with Crippen LogP contribution < -0.4 is 5.19 Å². The van der Waals surface area contributed by atoms with Crippen LogP contribution in [0, 0.1) is 30.7 Å². The van der Waals surface area contributed by atoms with Crippen molar-refractivity contribution < 1.29 is 34.4 Å². The molecule has 0 aliphatic heterocycles. The first kappa shape index (κ1) is 36.7. The Morgan fingerprint density at radius 3 is 2.07 bits per heavy atom. The molecule has 0 aliphatic rings. The number of carbonyl (C=O) groups excluding carboxylic acids is 1. The number of carbonyl (C=O) groups is 1. The van der Waals surface area contributed by atoms with E-state index < -0.39 is 8.07 Å². The van der Waals surface area contributed by atoms with Crippen molar-refractivity contribution in [3.63, 3.8) is 0 Å². The van der Waals surface area contributed by atoms with Crippen LogP contribution >= 0.6 is 0 Å². The normalized spacial score (nSPS) is 12.6. The Morgan fingerprint density at radius 2 is 1.53 bits per heavy atom. The van der Waals surface area contributed by atoms with Crippen molar-refractivity contribution >= 4 is 41.0 Å². The van der Waals surface area contributed by atoms with E-state index in [-0.39, 0.29) is 42.5 Å². The molecule has 4 aromatic rings. The van der Waals surface area contributed by atoms with Crippen molar-refractivity contribution in [1.82, 2.24) is 4.98 Å². The molecule has 1 radical (unpaired) electrons. The SMILES string of the molecule is CCC(C)(CC)C(=O)/C=C(\O)C(C)(CC)CC.Cc1[c-]c(-c2nccc3c2oc2cc([Si](C)(C)C)ccc23)cc(C)c1.[Ir]. The van der Waals surface area contributed by atoms with E-state index in [1.807, 2.05) is 53.8 Å². The predicted molar refractivity (Wildman–Crippen MR) is 181 cm³/mol. The first-order chi connectivity index (χ1) is 19.6. The van der Waals surface area contributed by atoms with E-state index in [2.05, 4.69) is 74.9 Å². The minimum Gasteiger partial charge on any atom is -0.512 e. The number of nitrogens with zero attached hydrogens (tertiary/aromatic N) is 1. The van der Waals surface area contributed by atoms with Crippen LogP contribution in [0.25, 0.3) is 33.2 Å². The number of aromatic nitrogens is 1. The summed E-state index contributed by atoms with van der Waals surface area (Å²) in [7, 11) is -1.37. The van der Waals surface area contributed by atoms with Crippen LogP contribution in [0.15, 0.2) is 58.8 Å². The molecule has 0 unspecified atom stereocenters. The average Bonchev–Trinajstić information content (AvgIpc) is 3.33. The van der Waals surface area contributed by atoms with Crippen molar-refractivity contribution in [1.29, 1.82) is 0 Å². The second-order valence-corrected chi connectivity index (χ2v) is 18.4. The van der Waals surface area contributed by atoms with Gasteiger partial charge in [0.05, 0.1) is 8.07 Å². The number of allylic oxidation sites excluding steroid dienone is 2. The number of aliphatic hydroxyl groups is 1. The summed E-state index contributed by atoms with van der Waals surface area (Å²) in [4.78, 5) is 16.8. The van der Waals surface area contributed by atoms with Gasteiger partial charge < -0.3 is 14.5 Å². The molecule has 0 bridgehead atoms. The van der Waals surface area contributed by atoms with E-state index in [1.54, 1.807) is 0 Å². The van der Waals surface area contributed by atoms with Gasteiger partial charge in [0.1, 0.15) is 16.9 Å². The predicted octanol–water partition coefficient (Wildman–Crippen LogP) is 10.3. The molecule has 1 N–H and O–H groups in total. The fourth-order valence-corrected chi connectivity index (χ4v) is 6.22. The van der Waals surface area contributed by atoms with E-state index in [9.17, 15) is 9.90 Å². The molecule has 0 amide bonds. The Morgan fingerprint density at radius 1 is 0.930 bits per heavy atom. The molecule has 0 aliphatic carbocycles. The smallest absolute Gasteiger partial charge is 0.164 e. The van der Waals surface area contributed by atoms with Gasteiger partial charge >= 0.3 is 0 Å². The van der Waals surface area contributed by atoms with Gasteiger partial charge in [-0.1, -0.05) is 92.4 Å². The van der Waals surface area contributed by atoms with E-state index in [0.29, 0.717) is 0 Å². The molecule has 235 valence electrons. The van der Waals surface area contributed by atoms with E-state index in [4.69, 9.17) is 4.42 Å². The summed E-state index contributed by atoms with van der Waals surface area (Å²) in [6, 6.07) is 16.4. The van der Waals surface area contributed by atoms with Crippen LogP contribution in [0.4, 0.5) is 0 Å². The molecular weight excluding hydrogens is 727 g/mol. The number of hydrogen-bond acceptors (Lipinski definition) is 4. The molecule has 2 heterocycles. The molecule has 4 rings (SSSR count). The zero-order valence-electron chi connectivity index (χ0n) is 28.0. The minimum atomic E-state index is -1.37. The molecule has 6 heteroatoms. The third-order valence-electron chi connectivity index (χ3n) is 9.26. The average molecular weight is 777 g/mol. The largest absolute Gasteiger partial charge is 0.512 e. The number of aryl methyl sites for hydroxylation is 2. The topological polar surface area (TPSA) is 63.3 Å². The van der Waals surface area contributed by atoms with Crippen LogP contribution in [0.3, 0.4) is 0 Å². The number of rotatable bonds is 9. The van der Waals surface area contributed by atoms with Gasteiger partial charge in [-0.05, 0) is 37.8 Å². The van der Waals surface area contributed by atoms with Gasteiger partial charge in [0, 0.05) is 59.7 Å². The monoisotopic (exact) mass is 777 g/mol. The zero-order chi connectivity index (χ0) is 31.5. The Bertz CT molecular complexity index is 1570. The number of hydrogen-bond donors (Lipinski definition) is 1. The first-order valence-corrected chi connectivity index (χ1v) is 18.9. The molecular formula is C37H50IrNO3Si-. The van der Waals surface area contributed by atoms with Crippen molar-refractivity contribution in [2.45, 2.75) is 101 Å². The van der Waals surface area contributed by atoms with E-state index in [0.717, 1.165) is 64.4 Å². The third-order valence-corrected chi connectivity index (χ3v) is 11.3. The van der Waals surface area contributed by atoms with Gasteiger partial charge in [-0.2, -0.15) is 0 Å². The molecule has 43 heavy (non-hydrogen) atoms. The molecule has 0 spiro atoms. The van der Waals surface area contributed by atoms with Crippen LogP contribution in [0.5, 0.6) is 0 Å². The maximum Gasteiger partial charge on any atom is 0.164 e. The standard InChI is InChI=1S/C22H22NOSi.C15H28O2.Ir/c1-14-10-15(2)12-16(11-14)21-22-19(8-9-23-21)18-7-6-17(25(3,4)5)13-20(18)24-22;1-7-14(5,8-2)12(16)11-13(17)15(6,9-3)10-4;/h6-11,13H,1-5H3;11,16H,7-10H2,1-6H3;/q-1;;/b;12-11-;. The van der Waals surface area contributed by atoms with E-state index >= 15 is 0 Å². The van der Waals surface area contributed by atoms with Gasteiger partial charge in [0.15, 0.2) is 5.78 Å². The summed E-state index contributed by atoms with van der Waals surface area (Å²) in [6.45, 7) is 23.3. The summed E-state index contributed by atoms with van der Waals surface area (Å²) in [6.07, 6.45) is 6.62. The number of fused-ring (bicyclic) bond motifs is 3. The van der Waals surface area contributed by atoms with Gasteiger partial charge in [-0.15, -0.1) is 34.9 Å². The van der Waals surface area contributed by atoms with Gasteiger partial charge in [-0.3, -0.25) is 4.79 Å². The Hall–Kier alpha value is -2.53. The maximum absolute atomic E-state index is 12.2. The van der Waals surface area contributed by atoms with Crippen molar-refractivity contribution in [3.05, 3.63) is 71.6 Å². The van der Waals surface area contributed by atoms with Crippen molar-refractivity contribution in [3.8, 4) is 11.3 Å². The number of aliphatic hydroxyl groups excluding tert-OH is 1. The number of furan rings is 1. The molecule has 2 aromatic heterocycles. The van der Waals surface area contributed by atoms with Gasteiger partial charge in [-0.25, -0.2) is 0 Å². The molecule has 2 aromatic carbocycles. The minimum absolute atomic E-state index is 0. The number of ketones is 1. The van der Waals surface area contributed by atoms with Crippen LogP contribution in [0.2, 0.25) is 19.6 Å². The Kier molecular flexibility index (Phi) is 12.4. The van der Waals surface area contributed by atoms with Crippen LogP contribution in [0.1, 0.15) is 78.4 Å². The summed E-state index contributed by atoms with van der Waals surface area (Å²) in [5.74, 6) is 0.286. The summed E-state index contributed by atoms with van der Waals surface area (Å²) in [5.41, 5.74) is 5.39. The summed E-state index contributed by atoms with van der Waals surface area (Å²) in [5, 5.41) is 13.8. The molecule has 4 nitrogen and oxygen atoms in total. The second-order valence-electron chi connectivity index (χ2n) is 13.3.